The van der Waals surface area contributed by atoms with Gasteiger partial charge >= 0.3 is 7.12 Å². The molecule has 0 saturated heterocycles. The number of benzene rings is 11. The monoisotopic (exact) mass is 1230 g/mol. The van der Waals surface area contributed by atoms with E-state index in [1.165, 1.54) is 94.6 Å². The molecule has 13 aromatic rings. The van der Waals surface area contributed by atoms with Crippen LogP contribution in [-0.4, -0.2) is 27.1 Å². The van der Waals surface area contributed by atoms with E-state index in [1.807, 2.05) is 48.5 Å². The molecule has 0 bridgehead atoms. The lowest BCUT2D eigenvalue weighted by atomic mass is 9.78. The predicted octanol–water partition coefficient (Wildman–Crippen LogP) is 21.4. The number of pyridine rings is 2. The van der Waals surface area contributed by atoms with E-state index in [4.69, 9.17) is 28.2 Å². The first kappa shape index (κ1) is 59.9. The van der Waals surface area contributed by atoms with E-state index in [0.717, 1.165) is 50.5 Å². The molecule has 0 spiro atoms. The summed E-state index contributed by atoms with van der Waals surface area (Å²) < 4.78 is 0. The molecular weight excluding hydrogens is 1160 g/mol. The van der Waals surface area contributed by atoms with Gasteiger partial charge in [-0.1, -0.05) is 295 Å². The number of halogens is 2. The van der Waals surface area contributed by atoms with Crippen LogP contribution in [0.4, 0.5) is 0 Å². The van der Waals surface area contributed by atoms with Gasteiger partial charge in [0.15, 0.2) is 0 Å². The van der Waals surface area contributed by atoms with Crippen LogP contribution in [0.25, 0.3) is 112 Å². The molecule has 2 N–H and O–H groups in total. The Morgan fingerprint density at radius 2 is 0.587 bits per heavy atom. The molecule has 16 rings (SSSR count). The molecule has 446 valence electrons. The Balaban J connectivity index is 0.000000157. The van der Waals surface area contributed by atoms with Crippen molar-refractivity contribution in [2.24, 2.45) is 0 Å². The second kappa shape index (κ2) is 24.2. The summed E-state index contributed by atoms with van der Waals surface area (Å²) in [5.41, 5.74) is 31.8. The zero-order valence-corrected chi connectivity index (χ0v) is 53.8. The Hall–Kier alpha value is -9.72. The van der Waals surface area contributed by atoms with Gasteiger partial charge in [-0.15, -0.1) is 0 Å². The highest BCUT2D eigenvalue weighted by Gasteiger charge is 2.38. The zero-order valence-electron chi connectivity index (χ0n) is 52.3. The van der Waals surface area contributed by atoms with Crippen LogP contribution in [0, 0.1) is 0 Å². The van der Waals surface area contributed by atoms with E-state index in [2.05, 4.69) is 265 Å². The van der Waals surface area contributed by atoms with Crippen LogP contribution in [-0.2, 0) is 16.2 Å². The summed E-state index contributed by atoms with van der Waals surface area (Å²) >= 11 is 11.7. The highest BCUT2D eigenvalue weighted by atomic mass is 35.5. The third-order valence-corrected chi connectivity index (χ3v) is 19.4. The Labute approximate surface area is 550 Å². The average Bonchev–Trinajstić information content (AvgIpc) is 1.60. The van der Waals surface area contributed by atoms with Gasteiger partial charge in [-0.2, -0.15) is 0 Å². The van der Waals surface area contributed by atoms with Crippen LogP contribution in [0.2, 0.25) is 10.2 Å². The molecule has 3 aliphatic rings. The normalized spacial score (nSPS) is 13.6. The molecule has 11 aromatic carbocycles. The molecule has 0 saturated carbocycles. The molecule has 0 radical (unpaired) electrons. The minimum Gasteiger partial charge on any atom is -0.423 e. The van der Waals surface area contributed by atoms with E-state index in [9.17, 15) is 10.0 Å². The molecule has 2 heterocycles. The molecule has 0 amide bonds. The summed E-state index contributed by atoms with van der Waals surface area (Å²) in [5, 5.41) is 19.8. The fourth-order valence-electron chi connectivity index (χ4n) is 14.1. The topological polar surface area (TPSA) is 66.2 Å². The third-order valence-electron chi connectivity index (χ3n) is 19.0. The Morgan fingerprint density at radius 3 is 1.02 bits per heavy atom. The van der Waals surface area contributed by atoms with Crippen molar-refractivity contribution in [3.8, 4) is 112 Å². The quantitative estimate of drug-likeness (QED) is 0.118. The van der Waals surface area contributed by atoms with Crippen molar-refractivity contribution >= 4 is 35.8 Å². The van der Waals surface area contributed by atoms with Crippen LogP contribution in [0.15, 0.2) is 285 Å². The first-order valence-corrected chi connectivity index (χ1v) is 32.1. The van der Waals surface area contributed by atoms with Crippen molar-refractivity contribution in [3.05, 3.63) is 329 Å². The minimum atomic E-state index is -1.44. The van der Waals surface area contributed by atoms with Crippen molar-refractivity contribution in [1.82, 2.24) is 9.97 Å². The van der Waals surface area contributed by atoms with Crippen LogP contribution in [0.5, 0.6) is 0 Å². The summed E-state index contributed by atoms with van der Waals surface area (Å²) in [7, 11) is -1.44. The van der Waals surface area contributed by atoms with Gasteiger partial charge in [-0.3, -0.25) is 0 Å². The maximum atomic E-state index is 9.41. The Kier molecular flexibility index (Phi) is 15.7. The highest BCUT2D eigenvalue weighted by Crippen LogP contribution is 2.52. The van der Waals surface area contributed by atoms with E-state index < -0.39 is 7.12 Å². The van der Waals surface area contributed by atoms with Crippen LogP contribution in [0.3, 0.4) is 0 Å². The SMILES string of the molecule is CC1(C)c2ccccc2-c2ccc(-c3cccc(-c4cc(-c5ccccc5)nc(-c5cccc(-c6ccc7c(c6)C(C)(C)c6ccccc6-7)c5)c4)c3)cc21.CC1(C)c2ccccc2-c2ccc(-c3cccc(B(O)O)c3)cc21.Clc1cc(Cl)nc(-c2ccccc2)c1. The van der Waals surface area contributed by atoms with Gasteiger partial charge in [0.1, 0.15) is 5.15 Å². The molecular formula is C85H67BCl2N2O2. The van der Waals surface area contributed by atoms with Crippen LogP contribution in [0.1, 0.15) is 74.9 Å². The lowest BCUT2D eigenvalue weighted by Crippen LogP contribution is -2.29. The van der Waals surface area contributed by atoms with Gasteiger partial charge in [0.05, 0.1) is 17.1 Å². The molecule has 0 fully saturated rings. The van der Waals surface area contributed by atoms with Crippen LogP contribution >= 0.6 is 23.2 Å². The summed E-state index contributed by atoms with van der Waals surface area (Å²) in [6.45, 7) is 13.9. The molecule has 4 nitrogen and oxygen atoms in total. The number of nitrogens with zero attached hydrogens (tertiary/aromatic N) is 2. The second-order valence-corrected chi connectivity index (χ2v) is 26.6. The van der Waals surface area contributed by atoms with E-state index in [0.29, 0.717) is 15.6 Å². The molecule has 3 aliphatic carbocycles. The van der Waals surface area contributed by atoms with Crippen molar-refractivity contribution in [1.29, 1.82) is 0 Å². The van der Waals surface area contributed by atoms with Gasteiger partial charge in [0.25, 0.3) is 0 Å². The third kappa shape index (κ3) is 11.2. The molecule has 0 aliphatic heterocycles. The van der Waals surface area contributed by atoms with Gasteiger partial charge in [-0.25, -0.2) is 9.97 Å². The summed E-state index contributed by atoms with van der Waals surface area (Å²) in [6.07, 6.45) is 0. The van der Waals surface area contributed by atoms with Gasteiger partial charge in [0.2, 0.25) is 0 Å². The Bertz CT molecular complexity index is 4790. The zero-order chi connectivity index (χ0) is 63.5. The summed E-state index contributed by atoms with van der Waals surface area (Å²) in [5.74, 6) is 0. The number of hydrogen-bond acceptors (Lipinski definition) is 4. The standard InChI is InChI=1S/C53H41N.C21H19BO2.C11H7Cl2N/c1-52(2)46-22-10-8-20-42(46)44-26-24-38(30-48(44)52)35-16-12-18-37(28-35)41-32-50(34-14-6-5-7-15-34)54-51(33-41)40-19-13-17-36(29-40)39-25-27-45-43-21-9-11-23-47(43)53(3,4)49(45)31-39;1-21(2)19-9-4-3-8-17(19)18-11-10-15(13-20(18)21)14-6-5-7-16(12-14)22(23)24;12-9-6-10(14-11(13)7-9)8-4-2-1-3-5-8/h5-33H,1-4H3;3-13,23-24H,1-2H3;1-7H. The fourth-order valence-corrected chi connectivity index (χ4v) is 14.6. The number of hydrogen-bond donors (Lipinski definition) is 2. The largest absolute Gasteiger partial charge is 0.488 e. The maximum Gasteiger partial charge on any atom is 0.488 e. The summed E-state index contributed by atoms with van der Waals surface area (Å²) in [4.78, 5) is 9.48. The first-order chi connectivity index (χ1) is 44.5. The van der Waals surface area contributed by atoms with Gasteiger partial charge in [-0.05, 0) is 171 Å². The number of rotatable bonds is 8. The maximum absolute atomic E-state index is 9.41. The Morgan fingerprint density at radius 1 is 0.261 bits per heavy atom. The molecule has 0 unspecified atom stereocenters. The summed E-state index contributed by atoms with van der Waals surface area (Å²) in [6, 6.07) is 100. The fraction of sp³-hybridized carbons (Fsp3) is 0.106. The van der Waals surface area contributed by atoms with Crippen molar-refractivity contribution < 1.29 is 10.0 Å². The smallest absolute Gasteiger partial charge is 0.423 e. The lowest BCUT2D eigenvalue weighted by Gasteiger charge is -2.22. The number of aromatic nitrogens is 2. The highest BCUT2D eigenvalue weighted by molar-refractivity contribution is 6.58. The lowest BCUT2D eigenvalue weighted by molar-refractivity contribution is 0.426. The molecule has 7 heteroatoms. The predicted molar refractivity (Wildman–Crippen MR) is 386 cm³/mol. The van der Waals surface area contributed by atoms with Gasteiger partial charge in [0, 0.05) is 38.0 Å². The minimum absolute atomic E-state index is 0.0317. The van der Waals surface area contributed by atoms with E-state index in [1.54, 1.807) is 18.2 Å². The van der Waals surface area contributed by atoms with Crippen molar-refractivity contribution in [2.45, 2.75) is 57.8 Å². The first-order valence-electron chi connectivity index (χ1n) is 31.4. The van der Waals surface area contributed by atoms with E-state index in [-0.39, 0.29) is 16.2 Å². The second-order valence-electron chi connectivity index (χ2n) is 25.8. The molecule has 92 heavy (non-hydrogen) atoms. The van der Waals surface area contributed by atoms with Crippen molar-refractivity contribution in [2.75, 3.05) is 0 Å². The van der Waals surface area contributed by atoms with Gasteiger partial charge < -0.3 is 10.0 Å². The number of fused-ring (bicyclic) bond motifs is 9. The van der Waals surface area contributed by atoms with Crippen LogP contribution < -0.4 is 5.46 Å². The average molecular weight is 1230 g/mol. The van der Waals surface area contributed by atoms with Crippen molar-refractivity contribution in [3.63, 3.8) is 0 Å². The molecule has 0 atom stereocenters. The molecule has 2 aromatic heterocycles. The van der Waals surface area contributed by atoms with E-state index >= 15 is 0 Å².